The van der Waals surface area contributed by atoms with Gasteiger partial charge < -0.3 is 0 Å². The SMILES string of the molecule is N#CC1=C2SCN(Cc3ccccc3)CN2C(=O)C[C@@H]1c1ccc(Cl)cc1. The number of thioether (sulfide) groups is 1. The van der Waals surface area contributed by atoms with Gasteiger partial charge in [0.15, 0.2) is 0 Å². The van der Waals surface area contributed by atoms with Gasteiger partial charge >= 0.3 is 0 Å². The Bertz CT molecular complexity index is 921. The molecular formula is C21H18ClN3OS. The Labute approximate surface area is 168 Å². The van der Waals surface area contributed by atoms with Crippen molar-refractivity contribution in [1.29, 1.82) is 5.26 Å². The zero-order valence-corrected chi connectivity index (χ0v) is 16.2. The van der Waals surface area contributed by atoms with Crippen molar-refractivity contribution in [1.82, 2.24) is 9.80 Å². The molecule has 1 saturated heterocycles. The van der Waals surface area contributed by atoms with Gasteiger partial charge in [0, 0.05) is 23.9 Å². The Kier molecular flexibility index (Phi) is 5.22. The molecular weight excluding hydrogens is 378 g/mol. The third-order valence-corrected chi connectivity index (χ3v) is 6.33. The lowest BCUT2D eigenvalue weighted by molar-refractivity contribution is -0.131. The van der Waals surface area contributed by atoms with Crippen LogP contribution in [0.15, 0.2) is 65.2 Å². The largest absolute Gasteiger partial charge is 0.292 e. The minimum absolute atomic E-state index is 0.0641. The first kappa shape index (κ1) is 18.1. The maximum Gasteiger partial charge on any atom is 0.229 e. The van der Waals surface area contributed by atoms with Crippen LogP contribution < -0.4 is 0 Å². The lowest BCUT2D eigenvalue weighted by Crippen LogP contribution is -2.46. The highest BCUT2D eigenvalue weighted by Crippen LogP contribution is 2.42. The number of hydrogen-bond donors (Lipinski definition) is 0. The molecule has 2 aromatic carbocycles. The molecule has 0 saturated carbocycles. The van der Waals surface area contributed by atoms with Crippen molar-refractivity contribution in [2.24, 2.45) is 0 Å². The summed E-state index contributed by atoms with van der Waals surface area (Å²) in [6, 6.07) is 20.0. The molecule has 1 amide bonds. The number of halogens is 1. The smallest absolute Gasteiger partial charge is 0.229 e. The molecule has 2 aliphatic heterocycles. The Morgan fingerprint density at radius 1 is 1.15 bits per heavy atom. The van der Waals surface area contributed by atoms with Gasteiger partial charge in [-0.2, -0.15) is 5.26 Å². The standard InChI is InChI=1S/C21H18ClN3OS/c22-17-8-6-16(7-9-17)18-10-20(26)25-13-24(12-15-4-2-1-3-5-15)14-27-21(25)19(18)11-23/h1-9,18H,10,12-14H2/t18-/m1/s1. The predicted octanol–water partition coefficient (Wildman–Crippen LogP) is 4.56. The fraction of sp³-hybridized carbons (Fsp3) is 0.238. The first-order valence-electron chi connectivity index (χ1n) is 8.75. The number of fused-ring (bicyclic) bond motifs is 1. The van der Waals surface area contributed by atoms with Crippen molar-refractivity contribution < 1.29 is 4.79 Å². The second kappa shape index (κ2) is 7.77. The molecule has 1 atom stereocenters. The average molecular weight is 396 g/mol. The Balaban J connectivity index is 1.59. The van der Waals surface area contributed by atoms with E-state index in [1.807, 2.05) is 42.5 Å². The zero-order chi connectivity index (χ0) is 18.8. The number of hydrogen-bond acceptors (Lipinski definition) is 4. The zero-order valence-electron chi connectivity index (χ0n) is 14.6. The van der Waals surface area contributed by atoms with E-state index < -0.39 is 0 Å². The molecule has 0 aliphatic carbocycles. The minimum Gasteiger partial charge on any atom is -0.292 e. The minimum atomic E-state index is -0.195. The van der Waals surface area contributed by atoms with E-state index >= 15 is 0 Å². The van der Waals surface area contributed by atoms with E-state index in [0.717, 1.165) is 23.0 Å². The summed E-state index contributed by atoms with van der Waals surface area (Å²) >= 11 is 7.56. The summed E-state index contributed by atoms with van der Waals surface area (Å²) < 4.78 is 0. The number of rotatable bonds is 3. The number of nitrogens with zero attached hydrogens (tertiary/aromatic N) is 3. The Morgan fingerprint density at radius 3 is 2.59 bits per heavy atom. The molecule has 2 aliphatic rings. The molecule has 1 fully saturated rings. The Morgan fingerprint density at radius 2 is 1.89 bits per heavy atom. The molecule has 2 heterocycles. The molecule has 6 heteroatoms. The first-order chi connectivity index (χ1) is 13.2. The molecule has 0 spiro atoms. The number of nitriles is 1. The van der Waals surface area contributed by atoms with Crippen LogP contribution in [0.25, 0.3) is 0 Å². The van der Waals surface area contributed by atoms with E-state index in [0.29, 0.717) is 23.7 Å². The average Bonchev–Trinajstić information content (AvgIpc) is 2.69. The van der Waals surface area contributed by atoms with Gasteiger partial charge in [-0.15, -0.1) is 0 Å². The third-order valence-electron chi connectivity index (χ3n) is 4.87. The van der Waals surface area contributed by atoms with Gasteiger partial charge in [0.1, 0.15) is 0 Å². The molecule has 27 heavy (non-hydrogen) atoms. The quantitative estimate of drug-likeness (QED) is 0.764. The van der Waals surface area contributed by atoms with E-state index in [1.54, 1.807) is 16.7 Å². The van der Waals surface area contributed by atoms with Crippen molar-refractivity contribution in [3.8, 4) is 6.07 Å². The highest BCUT2D eigenvalue weighted by Gasteiger charge is 2.38. The van der Waals surface area contributed by atoms with Crippen LogP contribution in [0, 0.1) is 11.3 Å². The topological polar surface area (TPSA) is 47.3 Å². The van der Waals surface area contributed by atoms with Crippen molar-refractivity contribution in [2.45, 2.75) is 18.9 Å². The maximum atomic E-state index is 12.9. The molecule has 0 radical (unpaired) electrons. The van der Waals surface area contributed by atoms with E-state index in [4.69, 9.17) is 11.6 Å². The fourth-order valence-electron chi connectivity index (χ4n) is 3.53. The fourth-order valence-corrected chi connectivity index (χ4v) is 4.79. The molecule has 2 aromatic rings. The van der Waals surface area contributed by atoms with Gasteiger partial charge in [-0.1, -0.05) is 65.8 Å². The van der Waals surface area contributed by atoms with Gasteiger partial charge in [-0.05, 0) is 23.3 Å². The third kappa shape index (κ3) is 3.74. The Hall–Kier alpha value is -2.26. The van der Waals surface area contributed by atoms with Crippen LogP contribution in [0.2, 0.25) is 5.02 Å². The lowest BCUT2D eigenvalue weighted by Gasteiger charge is -2.41. The van der Waals surface area contributed by atoms with Gasteiger partial charge in [0.05, 0.1) is 29.2 Å². The first-order valence-corrected chi connectivity index (χ1v) is 10.1. The van der Waals surface area contributed by atoms with Crippen LogP contribution in [-0.4, -0.2) is 28.3 Å². The second-order valence-electron chi connectivity index (χ2n) is 6.69. The summed E-state index contributed by atoms with van der Waals surface area (Å²) in [6.45, 7) is 1.31. The van der Waals surface area contributed by atoms with Gasteiger partial charge in [0.25, 0.3) is 0 Å². The van der Waals surface area contributed by atoms with Crippen LogP contribution in [0.4, 0.5) is 0 Å². The predicted molar refractivity (Wildman–Crippen MR) is 108 cm³/mol. The van der Waals surface area contributed by atoms with Crippen molar-refractivity contribution in [3.63, 3.8) is 0 Å². The second-order valence-corrected chi connectivity index (χ2v) is 8.06. The highest BCUT2D eigenvalue weighted by molar-refractivity contribution is 8.03. The van der Waals surface area contributed by atoms with Crippen molar-refractivity contribution in [2.75, 3.05) is 12.5 Å². The highest BCUT2D eigenvalue weighted by atomic mass is 35.5. The summed E-state index contributed by atoms with van der Waals surface area (Å²) in [7, 11) is 0. The molecule has 4 rings (SSSR count). The van der Waals surface area contributed by atoms with Crippen LogP contribution in [0.3, 0.4) is 0 Å². The molecule has 136 valence electrons. The molecule has 0 N–H and O–H groups in total. The van der Waals surface area contributed by atoms with Crippen molar-refractivity contribution >= 4 is 29.3 Å². The molecule has 0 unspecified atom stereocenters. The van der Waals surface area contributed by atoms with Gasteiger partial charge in [-0.3, -0.25) is 14.6 Å². The lowest BCUT2D eigenvalue weighted by atomic mass is 9.86. The molecule has 4 nitrogen and oxygen atoms in total. The van der Waals surface area contributed by atoms with E-state index in [-0.39, 0.29) is 11.8 Å². The monoisotopic (exact) mass is 395 g/mol. The number of amides is 1. The molecule has 0 aromatic heterocycles. The van der Waals surface area contributed by atoms with Crippen molar-refractivity contribution in [3.05, 3.63) is 81.3 Å². The summed E-state index contributed by atoms with van der Waals surface area (Å²) in [6.07, 6.45) is 0.313. The van der Waals surface area contributed by atoms with Gasteiger partial charge in [-0.25, -0.2) is 0 Å². The summed E-state index contributed by atoms with van der Waals surface area (Å²) in [5, 5.41) is 11.3. The molecule has 0 bridgehead atoms. The summed E-state index contributed by atoms with van der Waals surface area (Å²) in [5.41, 5.74) is 2.86. The van der Waals surface area contributed by atoms with Crippen LogP contribution in [-0.2, 0) is 11.3 Å². The summed E-state index contributed by atoms with van der Waals surface area (Å²) in [4.78, 5) is 16.8. The summed E-state index contributed by atoms with van der Waals surface area (Å²) in [5.74, 6) is 0.625. The number of allylic oxidation sites excluding steroid dienone is 1. The number of benzene rings is 2. The van der Waals surface area contributed by atoms with Crippen LogP contribution in [0.5, 0.6) is 0 Å². The van der Waals surface area contributed by atoms with E-state index in [1.165, 1.54) is 5.56 Å². The van der Waals surface area contributed by atoms with E-state index in [2.05, 4.69) is 23.1 Å². The number of carbonyl (C=O) groups excluding carboxylic acids is 1. The maximum absolute atomic E-state index is 12.9. The van der Waals surface area contributed by atoms with Crippen LogP contribution in [0.1, 0.15) is 23.5 Å². The van der Waals surface area contributed by atoms with Gasteiger partial charge in [0.2, 0.25) is 5.91 Å². The normalized spacial score (nSPS) is 20.4. The van der Waals surface area contributed by atoms with Crippen LogP contribution >= 0.6 is 23.4 Å². The number of carbonyl (C=O) groups is 1. The van der Waals surface area contributed by atoms with E-state index in [9.17, 15) is 10.1 Å².